The summed E-state index contributed by atoms with van der Waals surface area (Å²) in [5.74, 6) is 1.52. The minimum atomic E-state index is 0.574. The van der Waals surface area contributed by atoms with Gasteiger partial charge in [0.05, 0.1) is 0 Å². The molecule has 18 heavy (non-hydrogen) atoms. The largest absolute Gasteiger partial charge is 0.278 e. The van der Waals surface area contributed by atoms with Crippen molar-refractivity contribution in [3.63, 3.8) is 0 Å². The van der Waals surface area contributed by atoms with Crippen LogP contribution >= 0.6 is 12.2 Å². The zero-order valence-electron chi connectivity index (χ0n) is 9.92. The van der Waals surface area contributed by atoms with Gasteiger partial charge in [0, 0.05) is 12.1 Å². The van der Waals surface area contributed by atoms with Gasteiger partial charge in [0.2, 0.25) is 0 Å². The molecule has 3 rings (SSSR count). The van der Waals surface area contributed by atoms with E-state index in [0.717, 1.165) is 17.9 Å². The molecule has 4 nitrogen and oxygen atoms in total. The molecular weight excluding hydrogens is 244 g/mol. The van der Waals surface area contributed by atoms with Crippen LogP contribution in [0.3, 0.4) is 0 Å². The Bertz CT molecular complexity index is 743. The molecule has 2 aromatic heterocycles. The van der Waals surface area contributed by atoms with Gasteiger partial charge in [-0.1, -0.05) is 42.5 Å². The van der Waals surface area contributed by atoms with Crippen LogP contribution in [0, 0.1) is 11.6 Å². The van der Waals surface area contributed by atoms with Crippen molar-refractivity contribution in [2.24, 2.45) is 0 Å². The second kappa shape index (κ2) is 4.34. The molecule has 0 unspecified atom stereocenters. The molecule has 0 fully saturated rings. The smallest absolute Gasteiger partial charge is 0.252 e. The normalized spacial score (nSPS) is 10.9. The number of aryl methyl sites for hydroxylation is 1. The minimum absolute atomic E-state index is 0.574. The van der Waals surface area contributed by atoms with Crippen molar-refractivity contribution in [1.29, 1.82) is 0 Å². The summed E-state index contributed by atoms with van der Waals surface area (Å²) >= 11 is 5.09. The van der Waals surface area contributed by atoms with Crippen molar-refractivity contribution in [3.05, 3.63) is 58.1 Å². The summed E-state index contributed by atoms with van der Waals surface area (Å²) in [6.45, 7) is 1.98. The molecule has 3 aromatic rings. The van der Waals surface area contributed by atoms with E-state index in [2.05, 4.69) is 27.2 Å². The fourth-order valence-corrected chi connectivity index (χ4v) is 2.19. The Hall–Kier alpha value is -2.01. The molecule has 0 amide bonds. The molecule has 0 radical (unpaired) electrons. The van der Waals surface area contributed by atoms with Crippen molar-refractivity contribution in [2.75, 3.05) is 0 Å². The van der Waals surface area contributed by atoms with E-state index in [1.807, 2.05) is 35.7 Å². The van der Waals surface area contributed by atoms with Crippen molar-refractivity contribution < 1.29 is 0 Å². The number of nitrogens with zero attached hydrogens (tertiary/aromatic N) is 3. The monoisotopic (exact) mass is 256 g/mol. The summed E-state index contributed by atoms with van der Waals surface area (Å²) in [6.07, 6.45) is 0.760. The predicted molar refractivity (Wildman–Crippen MR) is 72.2 cm³/mol. The first kappa shape index (κ1) is 11.1. The van der Waals surface area contributed by atoms with Gasteiger partial charge >= 0.3 is 0 Å². The average Bonchev–Trinajstić information content (AvgIpc) is 2.73. The van der Waals surface area contributed by atoms with Gasteiger partial charge in [0.1, 0.15) is 10.5 Å². The number of fused-ring (bicyclic) bond motifs is 1. The van der Waals surface area contributed by atoms with Crippen molar-refractivity contribution in [2.45, 2.75) is 13.3 Å². The molecule has 0 aliphatic rings. The number of H-pyrrole nitrogens is 1. The molecule has 1 N–H and O–H groups in total. The third-order valence-electron chi connectivity index (χ3n) is 2.79. The topological polar surface area (TPSA) is 46.0 Å². The van der Waals surface area contributed by atoms with Crippen molar-refractivity contribution in [3.8, 4) is 0 Å². The predicted octanol–water partition coefficient (Wildman–Crippen LogP) is 2.69. The molecule has 0 bridgehead atoms. The summed E-state index contributed by atoms with van der Waals surface area (Å²) in [5.41, 5.74) is 2.23. The molecule has 90 valence electrons. The summed E-state index contributed by atoms with van der Waals surface area (Å²) in [4.78, 5) is 8.69. The van der Waals surface area contributed by atoms with Crippen LogP contribution in [0.1, 0.15) is 17.1 Å². The molecule has 1 aromatic carbocycles. The van der Waals surface area contributed by atoms with Gasteiger partial charge in [-0.25, -0.2) is 4.52 Å². The van der Waals surface area contributed by atoms with E-state index in [4.69, 9.17) is 12.2 Å². The molecule has 0 saturated heterocycles. The first-order chi connectivity index (χ1) is 8.72. The van der Waals surface area contributed by atoms with Crippen LogP contribution in [-0.4, -0.2) is 19.6 Å². The van der Waals surface area contributed by atoms with E-state index >= 15 is 0 Å². The van der Waals surface area contributed by atoms with E-state index in [-0.39, 0.29) is 0 Å². The highest BCUT2D eigenvalue weighted by Gasteiger charge is 2.05. The maximum absolute atomic E-state index is 5.09. The number of aromatic nitrogens is 4. The Morgan fingerprint density at radius 3 is 2.78 bits per heavy atom. The maximum Gasteiger partial charge on any atom is 0.252 e. The Morgan fingerprint density at radius 2 is 2.00 bits per heavy atom. The van der Waals surface area contributed by atoms with Gasteiger partial charge in [0.25, 0.3) is 5.78 Å². The Morgan fingerprint density at radius 1 is 1.22 bits per heavy atom. The zero-order valence-corrected chi connectivity index (χ0v) is 10.7. The fourth-order valence-electron chi connectivity index (χ4n) is 1.94. The first-order valence-corrected chi connectivity index (χ1v) is 6.12. The van der Waals surface area contributed by atoms with E-state index < -0.39 is 0 Å². The summed E-state index contributed by atoms with van der Waals surface area (Å²) < 4.78 is 2.43. The number of rotatable bonds is 2. The highest BCUT2D eigenvalue weighted by atomic mass is 32.1. The van der Waals surface area contributed by atoms with Gasteiger partial charge in [-0.15, -0.1) is 0 Å². The average molecular weight is 256 g/mol. The summed E-state index contributed by atoms with van der Waals surface area (Å²) in [6, 6.07) is 12.1. The third-order valence-corrected chi connectivity index (χ3v) is 2.99. The first-order valence-electron chi connectivity index (χ1n) is 5.71. The number of nitrogens with one attached hydrogen (secondary N) is 1. The Balaban J connectivity index is 2.04. The minimum Gasteiger partial charge on any atom is -0.278 e. The van der Waals surface area contributed by atoms with Crippen LogP contribution in [0.5, 0.6) is 0 Å². The lowest BCUT2D eigenvalue weighted by atomic mass is 10.1. The van der Waals surface area contributed by atoms with E-state index in [0.29, 0.717) is 10.4 Å². The molecule has 0 aliphatic carbocycles. The SMILES string of the molecule is Cc1cc(=S)nc2nc(Cc3ccccc3)[nH]n12. The second-order valence-electron chi connectivity index (χ2n) is 4.20. The molecule has 5 heteroatoms. The van der Waals surface area contributed by atoms with Crippen molar-refractivity contribution in [1.82, 2.24) is 19.6 Å². The molecule has 0 atom stereocenters. The molecule has 0 saturated carbocycles. The molecule has 0 aliphatic heterocycles. The lowest BCUT2D eigenvalue weighted by Crippen LogP contribution is -1.96. The Kier molecular flexibility index (Phi) is 2.68. The standard InChI is InChI=1S/C13H12N4S/c1-9-7-12(18)15-13-14-11(16-17(9)13)8-10-5-3-2-4-6-10/h2-7H,8H2,1H3,(H,14,15,16,18). The summed E-state index contributed by atoms with van der Waals surface area (Å²) in [7, 11) is 0. The van der Waals surface area contributed by atoms with Gasteiger partial charge < -0.3 is 0 Å². The lowest BCUT2D eigenvalue weighted by Gasteiger charge is -1.97. The van der Waals surface area contributed by atoms with E-state index in [1.165, 1.54) is 5.56 Å². The lowest BCUT2D eigenvalue weighted by molar-refractivity contribution is 0.858. The molecular formula is C13H12N4S. The maximum atomic E-state index is 5.09. The van der Waals surface area contributed by atoms with Crippen LogP contribution in [0.4, 0.5) is 0 Å². The second-order valence-corrected chi connectivity index (χ2v) is 4.62. The summed E-state index contributed by atoms with van der Waals surface area (Å²) in [5, 5.41) is 3.24. The van der Waals surface area contributed by atoms with Crippen LogP contribution in [-0.2, 0) is 6.42 Å². The number of hydrogen-bond acceptors (Lipinski definition) is 3. The third kappa shape index (κ3) is 2.04. The van der Waals surface area contributed by atoms with Gasteiger partial charge in [-0.3, -0.25) is 5.10 Å². The molecule has 0 spiro atoms. The van der Waals surface area contributed by atoms with Crippen LogP contribution in [0.2, 0.25) is 0 Å². The van der Waals surface area contributed by atoms with Crippen molar-refractivity contribution >= 4 is 18.0 Å². The Labute approximate surface area is 109 Å². The van der Waals surface area contributed by atoms with E-state index in [9.17, 15) is 0 Å². The highest BCUT2D eigenvalue weighted by molar-refractivity contribution is 7.71. The number of benzene rings is 1. The number of hydrogen-bond donors (Lipinski definition) is 1. The zero-order chi connectivity index (χ0) is 12.5. The van der Waals surface area contributed by atoms with Crippen LogP contribution in [0.25, 0.3) is 5.78 Å². The van der Waals surface area contributed by atoms with Crippen LogP contribution in [0.15, 0.2) is 36.4 Å². The van der Waals surface area contributed by atoms with Gasteiger partial charge in [0.15, 0.2) is 0 Å². The molecule has 2 heterocycles. The van der Waals surface area contributed by atoms with E-state index in [1.54, 1.807) is 0 Å². The van der Waals surface area contributed by atoms with Gasteiger partial charge in [-0.2, -0.15) is 9.97 Å². The number of aromatic amines is 1. The van der Waals surface area contributed by atoms with Crippen LogP contribution < -0.4 is 0 Å². The fraction of sp³-hybridized carbons (Fsp3) is 0.154. The highest BCUT2D eigenvalue weighted by Crippen LogP contribution is 2.08. The quantitative estimate of drug-likeness (QED) is 0.717. The van der Waals surface area contributed by atoms with Gasteiger partial charge in [-0.05, 0) is 18.6 Å².